The van der Waals surface area contributed by atoms with Crippen molar-refractivity contribution in [3.05, 3.63) is 48.3 Å². The molecule has 118 valence electrons. The number of likely N-dealkylation sites (tertiary alicyclic amines) is 1. The summed E-state index contributed by atoms with van der Waals surface area (Å²) in [4.78, 5) is 11.0. The molecule has 2 aromatic heterocycles. The van der Waals surface area contributed by atoms with Gasteiger partial charge < -0.3 is 14.2 Å². The van der Waals surface area contributed by atoms with Gasteiger partial charge in [0.1, 0.15) is 5.82 Å². The van der Waals surface area contributed by atoms with E-state index in [9.17, 15) is 0 Å². The number of rotatable bonds is 6. The maximum atomic E-state index is 6.06. The average molecular weight is 300 g/mol. The van der Waals surface area contributed by atoms with Crippen LogP contribution in [0.15, 0.2) is 36.9 Å². The second kappa shape index (κ2) is 7.51. The van der Waals surface area contributed by atoms with Crippen molar-refractivity contribution in [3.63, 3.8) is 0 Å². The van der Waals surface area contributed by atoms with E-state index in [0.717, 1.165) is 43.9 Å². The van der Waals surface area contributed by atoms with E-state index in [1.165, 1.54) is 6.42 Å². The fraction of sp³-hybridized carbons (Fsp3) is 0.529. The third-order valence-electron chi connectivity index (χ3n) is 4.24. The SMILES string of the molecule is Cn1ccnc1CCN1CCCC(OCc2cccnc2)C1. The molecule has 0 aliphatic carbocycles. The largest absolute Gasteiger partial charge is 0.372 e. The van der Waals surface area contributed by atoms with Crippen LogP contribution >= 0.6 is 0 Å². The van der Waals surface area contributed by atoms with Gasteiger partial charge in [-0.25, -0.2) is 4.98 Å². The number of hydrogen-bond donors (Lipinski definition) is 0. The summed E-state index contributed by atoms with van der Waals surface area (Å²) in [6.07, 6.45) is 11.2. The van der Waals surface area contributed by atoms with E-state index in [2.05, 4.69) is 32.5 Å². The zero-order chi connectivity index (χ0) is 15.2. The van der Waals surface area contributed by atoms with E-state index >= 15 is 0 Å². The summed E-state index contributed by atoms with van der Waals surface area (Å²) >= 11 is 0. The van der Waals surface area contributed by atoms with Crippen LogP contribution in [-0.4, -0.2) is 45.2 Å². The summed E-state index contributed by atoms with van der Waals surface area (Å²) in [5.74, 6) is 1.15. The van der Waals surface area contributed by atoms with Crippen molar-refractivity contribution in [2.75, 3.05) is 19.6 Å². The molecule has 1 atom stereocenters. The second-order valence-corrected chi connectivity index (χ2v) is 5.94. The summed E-state index contributed by atoms with van der Waals surface area (Å²) < 4.78 is 8.16. The number of imidazole rings is 1. The highest BCUT2D eigenvalue weighted by molar-refractivity contribution is 5.06. The zero-order valence-corrected chi connectivity index (χ0v) is 13.2. The van der Waals surface area contributed by atoms with E-state index in [-0.39, 0.29) is 0 Å². The Morgan fingerprint density at radius 2 is 2.32 bits per heavy atom. The van der Waals surface area contributed by atoms with Crippen LogP contribution in [0, 0.1) is 0 Å². The molecule has 5 nitrogen and oxygen atoms in total. The maximum absolute atomic E-state index is 6.06. The normalized spacial score (nSPS) is 19.4. The first-order chi connectivity index (χ1) is 10.8. The second-order valence-electron chi connectivity index (χ2n) is 5.94. The van der Waals surface area contributed by atoms with Crippen LogP contribution in [0.2, 0.25) is 0 Å². The minimum absolute atomic E-state index is 0.329. The third kappa shape index (κ3) is 4.15. The lowest BCUT2D eigenvalue weighted by Crippen LogP contribution is -2.40. The molecule has 5 heteroatoms. The van der Waals surface area contributed by atoms with Crippen LogP contribution < -0.4 is 0 Å². The minimum Gasteiger partial charge on any atom is -0.372 e. The highest BCUT2D eigenvalue weighted by atomic mass is 16.5. The molecule has 0 radical (unpaired) electrons. The van der Waals surface area contributed by atoms with Gasteiger partial charge in [0.05, 0.1) is 12.7 Å². The van der Waals surface area contributed by atoms with Crippen LogP contribution in [-0.2, 0) is 24.8 Å². The van der Waals surface area contributed by atoms with Gasteiger partial charge in [-0.2, -0.15) is 0 Å². The third-order valence-corrected chi connectivity index (χ3v) is 4.24. The lowest BCUT2D eigenvalue weighted by atomic mass is 10.1. The van der Waals surface area contributed by atoms with E-state index in [1.807, 2.05) is 24.7 Å². The topological polar surface area (TPSA) is 43.2 Å². The Bertz CT molecular complexity index is 569. The highest BCUT2D eigenvalue weighted by Crippen LogP contribution is 2.15. The molecule has 1 aliphatic heterocycles. The summed E-state index contributed by atoms with van der Waals surface area (Å²) in [6.45, 7) is 3.89. The molecule has 0 aromatic carbocycles. The van der Waals surface area contributed by atoms with Crippen LogP contribution in [0.25, 0.3) is 0 Å². The molecule has 2 aromatic rings. The van der Waals surface area contributed by atoms with Gasteiger partial charge >= 0.3 is 0 Å². The van der Waals surface area contributed by atoms with Gasteiger partial charge in [-0.15, -0.1) is 0 Å². The zero-order valence-electron chi connectivity index (χ0n) is 13.2. The lowest BCUT2D eigenvalue weighted by Gasteiger charge is -2.32. The summed E-state index contributed by atoms with van der Waals surface area (Å²) in [6, 6.07) is 4.02. The fourth-order valence-corrected chi connectivity index (χ4v) is 2.95. The highest BCUT2D eigenvalue weighted by Gasteiger charge is 2.20. The van der Waals surface area contributed by atoms with Crippen LogP contribution in [0.5, 0.6) is 0 Å². The van der Waals surface area contributed by atoms with Gasteiger partial charge in [0.25, 0.3) is 0 Å². The Balaban J connectivity index is 1.44. The summed E-state index contributed by atoms with van der Waals surface area (Å²) in [5.41, 5.74) is 1.15. The molecule has 3 heterocycles. The molecule has 0 spiro atoms. The molecule has 22 heavy (non-hydrogen) atoms. The van der Waals surface area contributed by atoms with E-state index < -0.39 is 0 Å². The molecule has 0 amide bonds. The number of hydrogen-bond acceptors (Lipinski definition) is 4. The summed E-state index contributed by atoms with van der Waals surface area (Å²) in [5, 5.41) is 0. The molecule has 1 aliphatic rings. The maximum Gasteiger partial charge on any atom is 0.109 e. The monoisotopic (exact) mass is 300 g/mol. The number of aromatic nitrogens is 3. The van der Waals surface area contributed by atoms with Crippen molar-refractivity contribution in [1.82, 2.24) is 19.4 Å². The van der Waals surface area contributed by atoms with Crippen molar-refractivity contribution >= 4 is 0 Å². The van der Waals surface area contributed by atoms with Gasteiger partial charge in [-0.3, -0.25) is 4.98 Å². The van der Waals surface area contributed by atoms with E-state index in [1.54, 1.807) is 6.20 Å². The Labute approximate surface area is 131 Å². The van der Waals surface area contributed by atoms with Crippen LogP contribution in [0.3, 0.4) is 0 Å². The first-order valence-electron chi connectivity index (χ1n) is 8.00. The lowest BCUT2D eigenvalue weighted by molar-refractivity contribution is -0.00986. The number of pyridine rings is 1. The first-order valence-corrected chi connectivity index (χ1v) is 8.00. The predicted octanol–water partition coefficient (Wildman–Crippen LogP) is 2.04. The molecule has 3 rings (SSSR count). The van der Waals surface area contributed by atoms with E-state index in [4.69, 9.17) is 4.74 Å². The summed E-state index contributed by atoms with van der Waals surface area (Å²) in [7, 11) is 2.05. The number of ether oxygens (including phenoxy) is 1. The van der Waals surface area contributed by atoms with E-state index in [0.29, 0.717) is 12.7 Å². The smallest absolute Gasteiger partial charge is 0.109 e. The Morgan fingerprint density at radius 3 is 3.09 bits per heavy atom. The first kappa shape index (κ1) is 15.2. The Kier molecular flexibility index (Phi) is 5.19. The van der Waals surface area contributed by atoms with Crippen molar-refractivity contribution in [2.24, 2.45) is 7.05 Å². The van der Waals surface area contributed by atoms with Crippen molar-refractivity contribution in [2.45, 2.75) is 32.0 Å². The van der Waals surface area contributed by atoms with Gasteiger partial charge in [0.2, 0.25) is 0 Å². The number of nitrogens with zero attached hydrogens (tertiary/aromatic N) is 4. The minimum atomic E-state index is 0.329. The standard InChI is InChI=1S/C17H24N4O/c1-20-11-8-19-17(20)6-10-21-9-3-5-16(13-21)22-14-15-4-2-7-18-12-15/h2,4,7-8,11-12,16H,3,5-6,9-10,13-14H2,1H3. The Hall–Kier alpha value is -1.72. The molecule has 0 N–H and O–H groups in total. The molecule has 1 unspecified atom stereocenters. The average Bonchev–Trinajstić information content (AvgIpc) is 2.98. The van der Waals surface area contributed by atoms with Gasteiger partial charge in [-0.05, 0) is 31.0 Å². The van der Waals surface area contributed by atoms with Crippen molar-refractivity contribution < 1.29 is 4.74 Å². The van der Waals surface area contributed by atoms with Gasteiger partial charge in [-0.1, -0.05) is 6.07 Å². The molecule has 1 fully saturated rings. The van der Waals surface area contributed by atoms with Gasteiger partial charge in [0, 0.05) is 51.3 Å². The van der Waals surface area contributed by atoms with Crippen molar-refractivity contribution in [1.29, 1.82) is 0 Å². The van der Waals surface area contributed by atoms with Crippen molar-refractivity contribution in [3.8, 4) is 0 Å². The Morgan fingerprint density at radius 1 is 1.36 bits per heavy atom. The quantitative estimate of drug-likeness (QED) is 0.819. The van der Waals surface area contributed by atoms with Gasteiger partial charge in [0.15, 0.2) is 0 Å². The number of piperidine rings is 1. The molecule has 1 saturated heterocycles. The van der Waals surface area contributed by atoms with Crippen LogP contribution in [0.1, 0.15) is 24.2 Å². The molecular weight excluding hydrogens is 276 g/mol. The van der Waals surface area contributed by atoms with Crippen LogP contribution in [0.4, 0.5) is 0 Å². The molecular formula is C17H24N4O. The number of aryl methyl sites for hydroxylation is 1. The fourth-order valence-electron chi connectivity index (χ4n) is 2.95. The molecule has 0 bridgehead atoms. The predicted molar refractivity (Wildman–Crippen MR) is 85.4 cm³/mol. The molecule has 0 saturated carbocycles.